The molecular weight excluding hydrogens is 300 g/mol. The van der Waals surface area contributed by atoms with Gasteiger partial charge in [-0.1, -0.05) is 40.2 Å². The highest BCUT2D eigenvalue weighted by molar-refractivity contribution is 9.10. The summed E-state index contributed by atoms with van der Waals surface area (Å²) >= 11 is 3.45. The van der Waals surface area contributed by atoms with Gasteiger partial charge in [0.05, 0.1) is 17.1 Å². The molecule has 2 aromatic rings. The van der Waals surface area contributed by atoms with Crippen LogP contribution in [-0.2, 0) is 0 Å². The summed E-state index contributed by atoms with van der Waals surface area (Å²) in [4.78, 5) is 4.75. The van der Waals surface area contributed by atoms with Crippen LogP contribution in [0.1, 0.15) is 12.5 Å². The van der Waals surface area contributed by atoms with E-state index in [1.807, 2.05) is 36.4 Å². The summed E-state index contributed by atoms with van der Waals surface area (Å²) in [6.45, 7) is 2.05. The minimum Gasteiger partial charge on any atom is -0.357 e. The monoisotopic (exact) mass is 312 g/mol. The Labute approximate surface area is 121 Å². The second kappa shape index (κ2) is 5.02. The number of aliphatic imine (C=N–C) groups is 1. The van der Waals surface area contributed by atoms with Gasteiger partial charge in [-0.3, -0.25) is 0 Å². The molecule has 19 heavy (non-hydrogen) atoms. The van der Waals surface area contributed by atoms with Crippen molar-refractivity contribution in [1.82, 2.24) is 0 Å². The first kappa shape index (κ1) is 12.2. The number of hydrogen-bond acceptors (Lipinski definition) is 2. The van der Waals surface area contributed by atoms with Crippen LogP contribution in [0.2, 0.25) is 0 Å². The zero-order chi connectivity index (χ0) is 13.2. The molecular formula is C16H13BrN2. The predicted octanol–water partition coefficient (Wildman–Crippen LogP) is 4.90. The molecule has 3 heteroatoms. The van der Waals surface area contributed by atoms with Crippen LogP contribution in [0.15, 0.2) is 69.8 Å². The second-order valence-corrected chi connectivity index (χ2v) is 5.39. The van der Waals surface area contributed by atoms with Crippen LogP contribution in [0, 0.1) is 0 Å². The average Bonchev–Trinajstić information content (AvgIpc) is 2.57. The summed E-state index contributed by atoms with van der Waals surface area (Å²) in [5.41, 5.74) is 5.19. The number of halogens is 1. The number of rotatable bonds is 1. The highest BCUT2D eigenvalue weighted by Gasteiger charge is 2.09. The zero-order valence-corrected chi connectivity index (χ0v) is 12.1. The normalized spacial score (nSPS) is 13.8. The number of anilines is 1. The molecule has 1 aliphatic heterocycles. The third-order valence-corrected chi connectivity index (χ3v) is 3.50. The van der Waals surface area contributed by atoms with E-state index in [0.29, 0.717) is 0 Å². The molecule has 0 fully saturated rings. The van der Waals surface area contributed by atoms with Crippen molar-refractivity contribution in [3.63, 3.8) is 0 Å². The van der Waals surface area contributed by atoms with E-state index in [4.69, 9.17) is 4.99 Å². The highest BCUT2D eigenvalue weighted by atomic mass is 79.9. The Balaban J connectivity index is 2.12. The van der Waals surface area contributed by atoms with E-state index in [2.05, 4.69) is 46.4 Å². The molecule has 0 aliphatic carbocycles. The van der Waals surface area contributed by atoms with Crippen molar-refractivity contribution in [2.45, 2.75) is 6.92 Å². The molecule has 3 rings (SSSR count). The average molecular weight is 313 g/mol. The number of fused-ring (bicyclic) bond motifs is 1. The van der Waals surface area contributed by atoms with Gasteiger partial charge in [-0.05, 0) is 37.3 Å². The van der Waals surface area contributed by atoms with Gasteiger partial charge in [0.2, 0.25) is 0 Å². The summed E-state index contributed by atoms with van der Waals surface area (Å²) < 4.78 is 1.07. The predicted molar refractivity (Wildman–Crippen MR) is 84.2 cm³/mol. The minimum atomic E-state index is 0.966. The molecule has 0 radical (unpaired) electrons. The van der Waals surface area contributed by atoms with Crippen LogP contribution in [0.4, 0.5) is 11.4 Å². The standard InChI is InChI=1S/C16H13BrN2/c1-11-10-16(12-6-8-13(17)9-7-12)19-15-5-3-2-4-14(15)18-11/h2-10,18H,1H3. The van der Waals surface area contributed by atoms with Crippen LogP contribution in [0.5, 0.6) is 0 Å². The van der Waals surface area contributed by atoms with Gasteiger partial charge >= 0.3 is 0 Å². The van der Waals surface area contributed by atoms with Gasteiger partial charge in [0.15, 0.2) is 0 Å². The van der Waals surface area contributed by atoms with Gasteiger partial charge in [-0.2, -0.15) is 0 Å². The van der Waals surface area contributed by atoms with Crippen molar-refractivity contribution in [2.75, 3.05) is 5.32 Å². The third kappa shape index (κ3) is 2.61. The Hall–Kier alpha value is -1.87. The molecule has 0 spiro atoms. The first-order valence-electron chi connectivity index (χ1n) is 6.11. The smallest absolute Gasteiger partial charge is 0.0871 e. The maximum absolute atomic E-state index is 4.75. The molecule has 94 valence electrons. The van der Waals surface area contributed by atoms with Gasteiger partial charge in [-0.25, -0.2) is 4.99 Å². The van der Waals surface area contributed by atoms with E-state index in [0.717, 1.165) is 32.8 Å². The number of nitrogens with zero attached hydrogens (tertiary/aromatic N) is 1. The fourth-order valence-corrected chi connectivity index (χ4v) is 2.33. The van der Waals surface area contributed by atoms with Gasteiger partial charge < -0.3 is 5.32 Å². The largest absolute Gasteiger partial charge is 0.357 e. The fourth-order valence-electron chi connectivity index (χ4n) is 2.06. The Kier molecular flexibility index (Phi) is 3.22. The van der Waals surface area contributed by atoms with E-state index in [-0.39, 0.29) is 0 Å². The van der Waals surface area contributed by atoms with Crippen LogP contribution >= 0.6 is 15.9 Å². The van der Waals surface area contributed by atoms with Gasteiger partial charge in [-0.15, -0.1) is 0 Å². The first-order valence-corrected chi connectivity index (χ1v) is 6.91. The Morgan fingerprint density at radius 3 is 2.53 bits per heavy atom. The van der Waals surface area contributed by atoms with E-state index in [1.165, 1.54) is 0 Å². The SMILES string of the molecule is CC1=CC(c2ccc(Br)cc2)=Nc2ccccc2N1. The lowest BCUT2D eigenvalue weighted by molar-refractivity contribution is 1.39. The molecule has 1 heterocycles. The number of allylic oxidation sites excluding steroid dienone is 2. The van der Waals surface area contributed by atoms with Gasteiger partial charge in [0.25, 0.3) is 0 Å². The lowest BCUT2D eigenvalue weighted by Crippen LogP contribution is -1.99. The molecule has 0 atom stereocenters. The minimum absolute atomic E-state index is 0.966. The molecule has 0 saturated heterocycles. The summed E-state index contributed by atoms with van der Waals surface area (Å²) in [5, 5.41) is 3.37. The molecule has 2 nitrogen and oxygen atoms in total. The molecule has 1 N–H and O–H groups in total. The third-order valence-electron chi connectivity index (χ3n) is 2.97. The van der Waals surface area contributed by atoms with E-state index in [1.54, 1.807) is 0 Å². The lowest BCUT2D eigenvalue weighted by atomic mass is 10.1. The fraction of sp³-hybridized carbons (Fsp3) is 0.0625. The summed E-state index contributed by atoms with van der Waals surface area (Å²) in [7, 11) is 0. The van der Waals surface area contributed by atoms with Gasteiger partial charge in [0, 0.05) is 15.7 Å². The molecule has 0 saturated carbocycles. The van der Waals surface area contributed by atoms with Crippen LogP contribution in [0.3, 0.4) is 0 Å². The lowest BCUT2D eigenvalue weighted by Gasteiger charge is -2.05. The number of nitrogens with one attached hydrogen (secondary N) is 1. The number of para-hydroxylation sites is 2. The van der Waals surface area contributed by atoms with Crippen molar-refractivity contribution in [2.24, 2.45) is 4.99 Å². The second-order valence-electron chi connectivity index (χ2n) is 4.47. The van der Waals surface area contributed by atoms with Crippen molar-refractivity contribution in [1.29, 1.82) is 0 Å². The summed E-state index contributed by atoms with van der Waals surface area (Å²) in [5.74, 6) is 0. The van der Waals surface area contributed by atoms with Crippen molar-refractivity contribution >= 4 is 33.0 Å². The molecule has 0 unspecified atom stereocenters. The molecule has 2 aromatic carbocycles. The highest BCUT2D eigenvalue weighted by Crippen LogP contribution is 2.29. The van der Waals surface area contributed by atoms with E-state index >= 15 is 0 Å². The number of benzene rings is 2. The molecule has 0 aromatic heterocycles. The molecule has 1 aliphatic rings. The van der Waals surface area contributed by atoms with Crippen LogP contribution in [-0.4, -0.2) is 5.71 Å². The maximum atomic E-state index is 4.75. The Bertz CT molecular complexity index is 669. The Morgan fingerprint density at radius 1 is 1.00 bits per heavy atom. The van der Waals surface area contributed by atoms with E-state index in [9.17, 15) is 0 Å². The first-order chi connectivity index (χ1) is 9.22. The van der Waals surface area contributed by atoms with Gasteiger partial charge in [0.1, 0.15) is 0 Å². The van der Waals surface area contributed by atoms with Crippen molar-refractivity contribution in [3.8, 4) is 0 Å². The quantitative estimate of drug-likeness (QED) is 0.795. The zero-order valence-electron chi connectivity index (χ0n) is 10.5. The topological polar surface area (TPSA) is 24.4 Å². The maximum Gasteiger partial charge on any atom is 0.0871 e. The van der Waals surface area contributed by atoms with Crippen LogP contribution in [0.25, 0.3) is 0 Å². The Morgan fingerprint density at radius 2 is 1.74 bits per heavy atom. The van der Waals surface area contributed by atoms with Crippen molar-refractivity contribution < 1.29 is 0 Å². The summed E-state index contributed by atoms with van der Waals surface area (Å²) in [6.07, 6.45) is 2.07. The number of hydrogen-bond donors (Lipinski definition) is 1. The van der Waals surface area contributed by atoms with Crippen LogP contribution < -0.4 is 5.32 Å². The van der Waals surface area contributed by atoms with Crippen molar-refractivity contribution in [3.05, 3.63) is 70.3 Å². The molecule has 0 bridgehead atoms. The molecule has 0 amide bonds. The summed E-state index contributed by atoms with van der Waals surface area (Å²) in [6, 6.07) is 16.3. The van der Waals surface area contributed by atoms with E-state index < -0.39 is 0 Å².